The number of carbonyl (C=O) groups excluding carboxylic acids is 1. The largest absolute Gasteiger partial charge is 0.493 e. The van der Waals surface area contributed by atoms with Gasteiger partial charge in [0, 0.05) is 11.4 Å². The summed E-state index contributed by atoms with van der Waals surface area (Å²) >= 11 is 6.07. The van der Waals surface area contributed by atoms with E-state index in [2.05, 4.69) is 0 Å². The van der Waals surface area contributed by atoms with E-state index in [0.29, 0.717) is 10.6 Å². The van der Waals surface area contributed by atoms with E-state index in [9.17, 15) is 18.0 Å². The molecule has 164 valence electrons. The monoisotopic (exact) mass is 458 g/mol. The van der Waals surface area contributed by atoms with E-state index in [1.54, 1.807) is 54.6 Å². The zero-order valence-electron chi connectivity index (χ0n) is 16.7. The fourth-order valence-corrected chi connectivity index (χ4v) is 3.87. The lowest BCUT2D eigenvalue weighted by Gasteiger charge is -2.29. The maximum atomic E-state index is 13.1. The molecule has 32 heavy (non-hydrogen) atoms. The molecule has 0 fully saturated rings. The highest BCUT2D eigenvalue weighted by Gasteiger charge is 2.47. The molecule has 8 heteroatoms. The second kappa shape index (κ2) is 9.04. The molecule has 0 saturated heterocycles. The quantitative estimate of drug-likeness (QED) is 0.464. The van der Waals surface area contributed by atoms with Gasteiger partial charge in [-0.3, -0.25) is 4.99 Å². The van der Waals surface area contributed by atoms with Crippen molar-refractivity contribution in [2.24, 2.45) is 4.99 Å². The molecule has 0 aliphatic carbocycles. The van der Waals surface area contributed by atoms with Crippen molar-refractivity contribution < 1.29 is 22.8 Å². The Labute approximate surface area is 187 Å². The summed E-state index contributed by atoms with van der Waals surface area (Å²) in [4.78, 5) is 21.5. The second-order valence-corrected chi connectivity index (χ2v) is 7.70. The van der Waals surface area contributed by atoms with Crippen molar-refractivity contribution >= 4 is 23.4 Å². The van der Waals surface area contributed by atoms with Crippen LogP contribution in [0.15, 0.2) is 89.9 Å². The number of nitrogens with zero attached hydrogens (tertiary/aromatic N) is 2. The van der Waals surface area contributed by atoms with E-state index >= 15 is 0 Å². The number of hydrogen-bond acceptors (Lipinski definition) is 4. The van der Waals surface area contributed by atoms with Crippen LogP contribution in [-0.4, -0.2) is 23.0 Å². The molecular weight excluding hydrogens is 441 g/mol. The van der Waals surface area contributed by atoms with Crippen LogP contribution in [-0.2, 0) is 16.1 Å². The first kappa shape index (κ1) is 21.9. The summed E-state index contributed by atoms with van der Waals surface area (Å²) in [5.41, 5.74) is 2.18. The molecule has 1 aliphatic rings. The van der Waals surface area contributed by atoms with Crippen molar-refractivity contribution in [2.75, 3.05) is 0 Å². The van der Waals surface area contributed by atoms with Gasteiger partial charge in [-0.1, -0.05) is 84.4 Å². The smallest absolute Gasteiger partial charge is 0.330 e. The summed E-state index contributed by atoms with van der Waals surface area (Å²) in [6.07, 6.45) is -5.01. The molecule has 4 rings (SSSR count). The molecule has 2 unspecified atom stereocenters. The minimum absolute atomic E-state index is 0.137. The van der Waals surface area contributed by atoms with Gasteiger partial charge in [-0.2, -0.15) is 18.2 Å². The van der Waals surface area contributed by atoms with Crippen LogP contribution in [0.1, 0.15) is 28.8 Å². The Bertz CT molecular complexity index is 1120. The van der Waals surface area contributed by atoms with Gasteiger partial charge in [-0.05, 0) is 28.8 Å². The first-order valence-corrected chi connectivity index (χ1v) is 10.2. The number of halogens is 4. The molecule has 3 aromatic rings. The van der Waals surface area contributed by atoms with E-state index in [1.807, 2.05) is 30.3 Å². The van der Waals surface area contributed by atoms with Gasteiger partial charge in [0.1, 0.15) is 17.9 Å². The van der Waals surface area contributed by atoms with Gasteiger partial charge in [0.15, 0.2) is 0 Å². The summed E-state index contributed by atoms with van der Waals surface area (Å²) in [5, 5.41) is 1.48. The second-order valence-electron chi connectivity index (χ2n) is 7.27. The number of amidine groups is 1. The molecule has 1 aliphatic heterocycles. The van der Waals surface area contributed by atoms with Crippen LogP contribution in [0, 0.1) is 0 Å². The van der Waals surface area contributed by atoms with E-state index in [-0.39, 0.29) is 12.3 Å². The zero-order chi connectivity index (χ0) is 22.7. The third-order valence-electron chi connectivity index (χ3n) is 5.04. The highest BCUT2D eigenvalue weighted by Crippen LogP contribution is 2.43. The molecule has 0 bridgehead atoms. The van der Waals surface area contributed by atoms with Crippen molar-refractivity contribution in [1.82, 2.24) is 5.06 Å². The number of hydrogen-bond donors (Lipinski definition) is 0. The van der Waals surface area contributed by atoms with Gasteiger partial charge in [-0.25, -0.2) is 4.79 Å². The highest BCUT2D eigenvalue weighted by atomic mass is 35.5. The van der Waals surface area contributed by atoms with E-state index in [0.717, 1.165) is 16.2 Å². The fourth-order valence-electron chi connectivity index (χ4n) is 3.66. The van der Waals surface area contributed by atoms with Crippen LogP contribution in [0.4, 0.5) is 13.2 Å². The van der Waals surface area contributed by atoms with Crippen LogP contribution < -0.4 is 0 Å². The maximum Gasteiger partial charge on any atom is 0.493 e. The summed E-state index contributed by atoms with van der Waals surface area (Å²) in [5.74, 6) is -2.10. The van der Waals surface area contributed by atoms with Crippen LogP contribution in [0.2, 0.25) is 5.02 Å². The van der Waals surface area contributed by atoms with E-state index in [1.165, 1.54) is 0 Å². The lowest BCUT2D eigenvalue weighted by molar-refractivity contribution is -0.230. The Morgan fingerprint density at radius 3 is 2.16 bits per heavy atom. The summed E-state index contributed by atoms with van der Waals surface area (Å²) in [7, 11) is 0. The number of hydroxylamine groups is 2. The minimum atomic E-state index is -5.15. The molecular formula is C24H18ClF3N2O2. The number of carbonyl (C=O) groups is 1. The summed E-state index contributed by atoms with van der Waals surface area (Å²) < 4.78 is 39.3. The highest BCUT2D eigenvalue weighted by molar-refractivity contribution is 6.30. The fraction of sp³-hybridized carbons (Fsp3) is 0.167. The van der Waals surface area contributed by atoms with Gasteiger partial charge in [0.25, 0.3) is 0 Å². The van der Waals surface area contributed by atoms with Gasteiger partial charge in [-0.15, -0.1) is 0 Å². The number of rotatable bonds is 5. The van der Waals surface area contributed by atoms with Crippen molar-refractivity contribution in [1.29, 1.82) is 0 Å². The SMILES string of the molecule is O=C(ON1C(Cc2cccc(Cl)c2)=NC(c2ccccc2)C1c1ccccc1)C(F)(F)F. The normalized spacial score (nSPS) is 18.4. The first-order chi connectivity index (χ1) is 15.3. The predicted octanol–water partition coefficient (Wildman–Crippen LogP) is 6.10. The van der Waals surface area contributed by atoms with Crippen LogP contribution in [0.25, 0.3) is 0 Å². The molecule has 3 aromatic carbocycles. The Kier molecular flexibility index (Phi) is 6.19. The molecule has 0 spiro atoms. The Hall–Kier alpha value is -3.32. The number of aliphatic imine (C=N–C) groups is 1. The lowest BCUT2D eigenvalue weighted by Crippen LogP contribution is -2.39. The summed E-state index contributed by atoms with van der Waals surface area (Å²) in [6, 6.07) is 23.6. The van der Waals surface area contributed by atoms with Crippen molar-refractivity contribution in [2.45, 2.75) is 24.7 Å². The Morgan fingerprint density at radius 1 is 0.938 bits per heavy atom. The van der Waals surface area contributed by atoms with E-state index < -0.39 is 24.2 Å². The standard InChI is InChI=1S/C24H18ClF3N2O2/c25-19-13-7-8-16(14-19)15-20-29-21(17-9-3-1-4-10-17)22(18-11-5-2-6-12-18)30(20)32-23(31)24(26,27)28/h1-14,21-22H,15H2. The third-order valence-corrected chi connectivity index (χ3v) is 5.28. The van der Waals surface area contributed by atoms with Gasteiger partial charge in [0.05, 0.1) is 0 Å². The molecule has 0 N–H and O–H groups in total. The number of alkyl halides is 3. The van der Waals surface area contributed by atoms with Gasteiger partial charge < -0.3 is 4.84 Å². The topological polar surface area (TPSA) is 41.9 Å². The molecule has 4 nitrogen and oxygen atoms in total. The molecule has 0 aromatic heterocycles. The lowest BCUT2D eigenvalue weighted by atomic mass is 9.95. The number of benzene rings is 3. The maximum absolute atomic E-state index is 13.1. The molecule has 2 atom stereocenters. The average molecular weight is 459 g/mol. The minimum Gasteiger partial charge on any atom is -0.330 e. The van der Waals surface area contributed by atoms with Gasteiger partial charge in [0.2, 0.25) is 0 Å². The molecule has 0 radical (unpaired) electrons. The van der Waals surface area contributed by atoms with E-state index in [4.69, 9.17) is 21.4 Å². The van der Waals surface area contributed by atoms with Crippen molar-refractivity contribution in [3.8, 4) is 0 Å². The molecule has 0 saturated carbocycles. The Morgan fingerprint density at radius 2 is 1.56 bits per heavy atom. The summed E-state index contributed by atoms with van der Waals surface area (Å²) in [6.45, 7) is 0. The zero-order valence-corrected chi connectivity index (χ0v) is 17.4. The van der Waals surface area contributed by atoms with Crippen molar-refractivity contribution in [3.63, 3.8) is 0 Å². The van der Waals surface area contributed by atoms with Crippen LogP contribution in [0.5, 0.6) is 0 Å². The molecule has 0 amide bonds. The van der Waals surface area contributed by atoms with Crippen molar-refractivity contribution in [3.05, 3.63) is 107 Å². The van der Waals surface area contributed by atoms with Crippen LogP contribution >= 0.6 is 11.6 Å². The predicted molar refractivity (Wildman–Crippen MR) is 115 cm³/mol. The average Bonchev–Trinajstić information content (AvgIpc) is 3.12. The molecule has 1 heterocycles. The first-order valence-electron chi connectivity index (χ1n) is 9.82. The van der Waals surface area contributed by atoms with Gasteiger partial charge >= 0.3 is 12.1 Å². The van der Waals surface area contributed by atoms with Crippen LogP contribution in [0.3, 0.4) is 0 Å². The third kappa shape index (κ3) is 4.78. The Balaban J connectivity index is 1.79.